The lowest BCUT2D eigenvalue weighted by atomic mass is 10.3. The summed E-state index contributed by atoms with van der Waals surface area (Å²) >= 11 is 1.79. The number of halogens is 3. The van der Waals surface area contributed by atoms with Gasteiger partial charge in [0.15, 0.2) is 0 Å². The Hall–Kier alpha value is -1.12. The molecule has 1 aromatic heterocycles. The Kier molecular flexibility index (Phi) is 4.12. The van der Waals surface area contributed by atoms with Crippen molar-refractivity contribution in [2.45, 2.75) is 5.51 Å². The molecule has 2 aromatic rings. The molecule has 0 aliphatic rings. The summed E-state index contributed by atoms with van der Waals surface area (Å²) in [5.74, 6) is 0. The minimum atomic E-state index is -5.84. The van der Waals surface area contributed by atoms with Crippen LogP contribution < -0.4 is 0 Å². The Morgan fingerprint density at radius 2 is 1.65 bits per heavy atom. The molecule has 1 N–H and O–H groups in total. The molecule has 0 saturated heterocycles. The fraction of sp³-hybridized carbons (Fsp3) is 0.111. The highest BCUT2D eigenvalue weighted by molar-refractivity contribution is 7.86. The summed E-state index contributed by atoms with van der Waals surface area (Å²) in [5.41, 5.74) is -5.53. The molecule has 0 radical (unpaired) electrons. The average molecular weight is 284 g/mol. The van der Waals surface area contributed by atoms with E-state index in [4.69, 9.17) is 13.0 Å². The van der Waals surface area contributed by atoms with Crippen LogP contribution in [0.15, 0.2) is 35.7 Å². The molecule has 0 saturated carbocycles. The summed E-state index contributed by atoms with van der Waals surface area (Å²) in [6, 6.07) is 10.5. The molecule has 0 unspecified atom stereocenters. The first kappa shape index (κ1) is 13.9. The molecule has 0 spiro atoms. The van der Waals surface area contributed by atoms with Crippen LogP contribution in [0.4, 0.5) is 13.2 Å². The summed E-state index contributed by atoms with van der Waals surface area (Å²) in [6.45, 7) is 0. The predicted octanol–water partition coefficient (Wildman–Crippen LogP) is 3.30. The van der Waals surface area contributed by atoms with Crippen LogP contribution >= 0.6 is 11.3 Å². The van der Waals surface area contributed by atoms with Crippen LogP contribution in [0.25, 0.3) is 10.1 Å². The van der Waals surface area contributed by atoms with E-state index in [1.807, 2.05) is 0 Å². The Morgan fingerprint density at radius 3 is 2.12 bits per heavy atom. The Balaban J connectivity index is 0.000000172. The van der Waals surface area contributed by atoms with Gasteiger partial charge in [-0.1, -0.05) is 18.2 Å². The van der Waals surface area contributed by atoms with Gasteiger partial charge in [0, 0.05) is 4.70 Å². The Morgan fingerprint density at radius 1 is 1.12 bits per heavy atom. The number of alkyl halides is 3. The largest absolute Gasteiger partial charge is 0.522 e. The fourth-order valence-electron chi connectivity index (χ4n) is 0.906. The number of benzene rings is 1. The van der Waals surface area contributed by atoms with E-state index in [2.05, 4.69) is 35.7 Å². The zero-order valence-corrected chi connectivity index (χ0v) is 9.81. The third-order valence-corrected chi connectivity index (χ3v) is 3.14. The summed E-state index contributed by atoms with van der Waals surface area (Å²) in [6.07, 6.45) is 0. The van der Waals surface area contributed by atoms with Crippen molar-refractivity contribution < 1.29 is 26.1 Å². The topological polar surface area (TPSA) is 54.4 Å². The van der Waals surface area contributed by atoms with Gasteiger partial charge in [-0.15, -0.1) is 11.3 Å². The normalized spacial score (nSPS) is 12.0. The molecule has 2 rings (SSSR count). The average Bonchev–Trinajstić information content (AvgIpc) is 2.62. The second-order valence-electron chi connectivity index (χ2n) is 2.88. The van der Waals surface area contributed by atoms with Crippen LogP contribution in [0.2, 0.25) is 0 Å². The molecule has 1 heterocycles. The maximum Gasteiger partial charge on any atom is 0.522 e. The van der Waals surface area contributed by atoms with Crippen molar-refractivity contribution in [1.82, 2.24) is 0 Å². The van der Waals surface area contributed by atoms with E-state index in [0.717, 1.165) is 0 Å². The number of rotatable bonds is 0. The van der Waals surface area contributed by atoms with E-state index in [1.165, 1.54) is 10.1 Å². The Labute approximate surface area is 99.2 Å². The molecular weight excluding hydrogens is 277 g/mol. The lowest BCUT2D eigenvalue weighted by molar-refractivity contribution is -0.0510. The zero-order valence-electron chi connectivity index (χ0n) is 8.18. The standard InChI is InChI=1S/C8H6S.CHF3O3S/c1-2-4-8-7(3-1)5-6-9-8;2-1(3,4)8(5,6)7/h1-6H;(H,5,6,7). The zero-order chi connectivity index (χ0) is 13.1. The van der Waals surface area contributed by atoms with Gasteiger partial charge < -0.3 is 0 Å². The number of fused-ring (bicyclic) bond motifs is 1. The maximum absolute atomic E-state index is 10.7. The van der Waals surface area contributed by atoms with Crippen molar-refractivity contribution in [3.63, 3.8) is 0 Å². The molecule has 0 amide bonds. The summed E-state index contributed by atoms with van der Waals surface area (Å²) < 4.78 is 58.9. The van der Waals surface area contributed by atoms with E-state index in [9.17, 15) is 13.2 Å². The molecule has 0 fully saturated rings. The second kappa shape index (κ2) is 5.03. The van der Waals surface area contributed by atoms with Crippen molar-refractivity contribution in [3.05, 3.63) is 35.7 Å². The van der Waals surface area contributed by atoms with Crippen LogP contribution in [0.3, 0.4) is 0 Å². The fourth-order valence-corrected chi connectivity index (χ4v) is 1.70. The van der Waals surface area contributed by atoms with E-state index in [0.29, 0.717) is 0 Å². The number of hydrogen-bond acceptors (Lipinski definition) is 3. The van der Waals surface area contributed by atoms with Gasteiger partial charge in [-0.2, -0.15) is 21.6 Å². The monoisotopic (exact) mass is 284 g/mol. The minimum Gasteiger partial charge on any atom is -0.279 e. The number of thiophene rings is 1. The molecule has 1 aromatic carbocycles. The van der Waals surface area contributed by atoms with Crippen molar-refractivity contribution in [2.24, 2.45) is 0 Å². The molecule has 8 heteroatoms. The third-order valence-electron chi connectivity index (χ3n) is 1.65. The predicted molar refractivity (Wildman–Crippen MR) is 59.4 cm³/mol. The highest BCUT2D eigenvalue weighted by Gasteiger charge is 2.44. The maximum atomic E-state index is 10.7. The van der Waals surface area contributed by atoms with Gasteiger partial charge in [-0.05, 0) is 22.9 Å². The first-order chi connectivity index (χ1) is 7.72. The molecule has 94 valence electrons. The van der Waals surface area contributed by atoms with E-state index in [1.54, 1.807) is 11.3 Å². The SMILES string of the molecule is O=S(=O)(O)C(F)(F)F.c1ccc2sccc2c1. The molecule has 0 aliphatic carbocycles. The van der Waals surface area contributed by atoms with E-state index in [-0.39, 0.29) is 0 Å². The first-order valence-corrected chi connectivity index (χ1v) is 6.50. The van der Waals surface area contributed by atoms with E-state index < -0.39 is 15.6 Å². The molecule has 0 atom stereocenters. The van der Waals surface area contributed by atoms with Gasteiger partial charge in [-0.3, -0.25) is 4.55 Å². The Bertz CT molecular complexity index is 557. The minimum absolute atomic E-state index is 1.35. The molecule has 0 bridgehead atoms. The lowest BCUT2D eigenvalue weighted by Crippen LogP contribution is -2.21. The molecule has 17 heavy (non-hydrogen) atoms. The molecule has 3 nitrogen and oxygen atoms in total. The van der Waals surface area contributed by atoms with Crippen molar-refractivity contribution >= 4 is 31.5 Å². The van der Waals surface area contributed by atoms with E-state index >= 15 is 0 Å². The van der Waals surface area contributed by atoms with Crippen molar-refractivity contribution in [2.75, 3.05) is 0 Å². The van der Waals surface area contributed by atoms with Gasteiger partial charge in [0.1, 0.15) is 0 Å². The first-order valence-electron chi connectivity index (χ1n) is 4.18. The molecule has 0 aliphatic heterocycles. The highest BCUT2D eigenvalue weighted by atomic mass is 32.2. The highest BCUT2D eigenvalue weighted by Crippen LogP contribution is 2.20. The lowest BCUT2D eigenvalue weighted by Gasteiger charge is -1.97. The number of hydrogen-bond donors (Lipinski definition) is 1. The summed E-state index contributed by atoms with van der Waals surface area (Å²) in [4.78, 5) is 0. The van der Waals surface area contributed by atoms with Gasteiger partial charge in [0.25, 0.3) is 0 Å². The third kappa shape index (κ3) is 3.99. The van der Waals surface area contributed by atoms with Crippen molar-refractivity contribution in [1.29, 1.82) is 0 Å². The van der Waals surface area contributed by atoms with Crippen LogP contribution in [-0.2, 0) is 10.1 Å². The van der Waals surface area contributed by atoms with Crippen LogP contribution in [0, 0.1) is 0 Å². The molecular formula is C9H7F3O3S2. The van der Waals surface area contributed by atoms with Crippen LogP contribution in [0.1, 0.15) is 0 Å². The van der Waals surface area contributed by atoms with Crippen molar-refractivity contribution in [3.8, 4) is 0 Å². The quantitative estimate of drug-likeness (QED) is 0.596. The van der Waals surface area contributed by atoms with Gasteiger partial charge in [-0.25, -0.2) is 0 Å². The smallest absolute Gasteiger partial charge is 0.279 e. The second-order valence-corrected chi connectivity index (χ2v) is 5.24. The summed E-state index contributed by atoms with van der Waals surface area (Å²) in [5, 5.41) is 3.47. The van der Waals surface area contributed by atoms with Gasteiger partial charge >= 0.3 is 15.6 Å². The van der Waals surface area contributed by atoms with Crippen LogP contribution in [-0.4, -0.2) is 18.5 Å². The van der Waals surface area contributed by atoms with Gasteiger partial charge in [0.05, 0.1) is 0 Å². The van der Waals surface area contributed by atoms with Gasteiger partial charge in [0.2, 0.25) is 0 Å². The van der Waals surface area contributed by atoms with Crippen LogP contribution in [0.5, 0.6) is 0 Å². The summed E-state index contributed by atoms with van der Waals surface area (Å²) in [7, 11) is -5.84.